The first-order valence-electron chi connectivity index (χ1n) is 10.5. The van der Waals surface area contributed by atoms with E-state index in [0.717, 1.165) is 4.70 Å². The Hall–Kier alpha value is -3.89. The van der Waals surface area contributed by atoms with E-state index in [0.29, 0.717) is 38.3 Å². The minimum atomic E-state index is -0.917. The molecule has 0 bridgehead atoms. The summed E-state index contributed by atoms with van der Waals surface area (Å²) in [4.78, 5) is 33.3. The molecule has 2 aromatic carbocycles. The van der Waals surface area contributed by atoms with Crippen LogP contribution in [0.5, 0.6) is 17.2 Å². The summed E-state index contributed by atoms with van der Waals surface area (Å²) in [5.41, 5.74) is 1.22. The number of carbonyl (C=O) groups is 2. The van der Waals surface area contributed by atoms with Crippen LogP contribution >= 0.6 is 22.7 Å². The van der Waals surface area contributed by atoms with E-state index in [2.05, 4.69) is 4.98 Å². The van der Waals surface area contributed by atoms with Gasteiger partial charge >= 0.3 is 0 Å². The number of aliphatic hydroxyl groups is 1. The van der Waals surface area contributed by atoms with Crippen LogP contribution in [0.25, 0.3) is 10.2 Å². The lowest BCUT2D eigenvalue weighted by atomic mass is 9.95. The van der Waals surface area contributed by atoms with Crippen molar-refractivity contribution in [3.8, 4) is 17.2 Å². The van der Waals surface area contributed by atoms with Crippen molar-refractivity contribution < 1.29 is 28.9 Å². The molecule has 1 aliphatic heterocycles. The number of Topliss-reactive ketones (excluding diaryl/α,β-unsaturated/α-hetero) is 1. The summed E-state index contributed by atoms with van der Waals surface area (Å²) in [6.45, 7) is 0. The number of ketones is 1. The number of aliphatic hydroxyl groups excluding tert-OH is 1. The molecule has 0 fully saturated rings. The smallest absolute Gasteiger partial charge is 0.296 e. The van der Waals surface area contributed by atoms with Crippen LogP contribution in [0.1, 0.15) is 21.3 Å². The van der Waals surface area contributed by atoms with Gasteiger partial charge in [-0.15, -0.1) is 11.3 Å². The van der Waals surface area contributed by atoms with Crippen LogP contribution in [-0.4, -0.2) is 43.1 Å². The number of fused-ring (bicyclic) bond motifs is 1. The number of methoxy groups -OCH3 is 3. The molecule has 0 saturated heterocycles. The molecule has 178 valence electrons. The van der Waals surface area contributed by atoms with Gasteiger partial charge in [-0.05, 0) is 47.3 Å². The van der Waals surface area contributed by atoms with E-state index in [1.807, 2.05) is 6.07 Å². The van der Waals surface area contributed by atoms with Gasteiger partial charge in [0.2, 0.25) is 5.78 Å². The first-order valence-corrected chi connectivity index (χ1v) is 12.2. The van der Waals surface area contributed by atoms with Gasteiger partial charge in [0.1, 0.15) is 5.75 Å². The maximum atomic E-state index is 13.5. The van der Waals surface area contributed by atoms with Crippen LogP contribution in [0.15, 0.2) is 65.2 Å². The normalized spacial score (nSPS) is 15.7. The number of nitrogens with zero attached hydrogens (tertiary/aromatic N) is 2. The number of carbonyl (C=O) groups excluding carboxylic acids is 2. The molecule has 35 heavy (non-hydrogen) atoms. The van der Waals surface area contributed by atoms with Gasteiger partial charge in [-0.1, -0.05) is 23.5 Å². The molecule has 10 heteroatoms. The molecule has 1 atom stereocenters. The highest BCUT2D eigenvalue weighted by Crippen LogP contribution is 2.46. The zero-order valence-electron chi connectivity index (χ0n) is 19.0. The summed E-state index contributed by atoms with van der Waals surface area (Å²) in [6.07, 6.45) is 0. The molecular formula is C25H20N2O6S2. The molecule has 2 aromatic heterocycles. The number of rotatable bonds is 7. The molecule has 0 aliphatic carbocycles. The molecule has 0 radical (unpaired) electrons. The minimum Gasteiger partial charge on any atom is -0.503 e. The van der Waals surface area contributed by atoms with Gasteiger partial charge in [-0.25, -0.2) is 4.98 Å². The molecule has 0 saturated carbocycles. The monoisotopic (exact) mass is 508 g/mol. The highest BCUT2D eigenvalue weighted by atomic mass is 32.1. The summed E-state index contributed by atoms with van der Waals surface area (Å²) in [5, 5.41) is 13.1. The lowest BCUT2D eigenvalue weighted by Gasteiger charge is -2.25. The van der Waals surface area contributed by atoms with Crippen molar-refractivity contribution in [2.24, 2.45) is 0 Å². The number of thiophene rings is 1. The molecule has 8 nitrogen and oxygen atoms in total. The van der Waals surface area contributed by atoms with Gasteiger partial charge in [-0.2, -0.15) is 0 Å². The molecule has 0 unspecified atom stereocenters. The molecule has 5 rings (SSSR count). The Morgan fingerprint density at radius 3 is 2.51 bits per heavy atom. The van der Waals surface area contributed by atoms with Gasteiger partial charge in [0.05, 0.1) is 48.0 Å². The molecule has 1 amide bonds. The van der Waals surface area contributed by atoms with Crippen LogP contribution in [0.4, 0.5) is 5.13 Å². The second kappa shape index (κ2) is 9.05. The SMILES string of the molecule is COc1ccc2nc(N3C(=O)C(O)=C(C(=O)c4cccs4)[C@H]3c3ccc(OC)c(OC)c3)sc2c1. The summed E-state index contributed by atoms with van der Waals surface area (Å²) >= 11 is 2.51. The lowest BCUT2D eigenvalue weighted by molar-refractivity contribution is -0.117. The van der Waals surface area contributed by atoms with Gasteiger partial charge in [0.25, 0.3) is 5.91 Å². The molecule has 0 spiro atoms. The number of thiazole rings is 1. The quantitative estimate of drug-likeness (QED) is 0.344. The summed E-state index contributed by atoms with van der Waals surface area (Å²) < 4.78 is 16.9. The number of amides is 1. The van der Waals surface area contributed by atoms with E-state index in [4.69, 9.17) is 14.2 Å². The van der Waals surface area contributed by atoms with E-state index in [9.17, 15) is 14.7 Å². The number of hydrogen-bond donors (Lipinski definition) is 1. The highest BCUT2D eigenvalue weighted by Gasteiger charge is 2.46. The molecule has 3 heterocycles. The molecular weight excluding hydrogens is 488 g/mol. The fourth-order valence-electron chi connectivity index (χ4n) is 4.04. The Morgan fingerprint density at radius 2 is 1.83 bits per heavy atom. The van der Waals surface area contributed by atoms with Gasteiger partial charge in [-0.3, -0.25) is 14.5 Å². The van der Waals surface area contributed by atoms with Crippen molar-refractivity contribution in [3.05, 3.63) is 75.7 Å². The third kappa shape index (κ3) is 3.80. The van der Waals surface area contributed by atoms with Crippen molar-refractivity contribution in [1.82, 2.24) is 4.98 Å². The van der Waals surface area contributed by atoms with Gasteiger partial charge in [0.15, 0.2) is 22.4 Å². The first kappa shape index (κ1) is 22.9. The highest BCUT2D eigenvalue weighted by molar-refractivity contribution is 7.22. The summed E-state index contributed by atoms with van der Waals surface area (Å²) in [7, 11) is 4.60. The van der Waals surface area contributed by atoms with Crippen molar-refractivity contribution >= 4 is 49.7 Å². The lowest BCUT2D eigenvalue weighted by Crippen LogP contribution is -2.31. The number of hydrogen-bond acceptors (Lipinski definition) is 9. The summed E-state index contributed by atoms with van der Waals surface area (Å²) in [6, 6.07) is 13.0. The fourth-order valence-corrected chi connectivity index (χ4v) is 5.73. The molecule has 4 aromatic rings. The van der Waals surface area contributed by atoms with E-state index in [1.54, 1.807) is 55.0 Å². The van der Waals surface area contributed by atoms with Crippen molar-refractivity contribution in [3.63, 3.8) is 0 Å². The Morgan fingerprint density at radius 1 is 1.03 bits per heavy atom. The molecule has 1 N–H and O–H groups in total. The number of aromatic nitrogens is 1. The minimum absolute atomic E-state index is 0.0125. The summed E-state index contributed by atoms with van der Waals surface area (Å²) in [5.74, 6) is -0.127. The second-order valence-corrected chi connectivity index (χ2v) is 9.55. The zero-order valence-corrected chi connectivity index (χ0v) is 20.6. The van der Waals surface area contributed by atoms with E-state index in [-0.39, 0.29) is 5.57 Å². The van der Waals surface area contributed by atoms with Gasteiger partial charge < -0.3 is 19.3 Å². The van der Waals surface area contributed by atoms with Crippen LogP contribution < -0.4 is 19.1 Å². The van der Waals surface area contributed by atoms with E-state index < -0.39 is 23.5 Å². The van der Waals surface area contributed by atoms with Gasteiger partial charge in [0, 0.05) is 0 Å². The van der Waals surface area contributed by atoms with Crippen LogP contribution in [0, 0.1) is 0 Å². The first-order chi connectivity index (χ1) is 17.0. The number of benzene rings is 2. The Labute approximate surface area is 208 Å². The Balaban J connectivity index is 1.69. The van der Waals surface area contributed by atoms with Crippen molar-refractivity contribution in [2.45, 2.75) is 6.04 Å². The maximum absolute atomic E-state index is 13.5. The predicted octanol–water partition coefficient (Wildman–Crippen LogP) is 5.17. The third-order valence-corrected chi connectivity index (χ3v) is 7.60. The number of ether oxygens (including phenoxy) is 3. The Kier molecular flexibility index (Phi) is 5.91. The van der Waals surface area contributed by atoms with Crippen LogP contribution in [0.2, 0.25) is 0 Å². The third-order valence-electron chi connectivity index (χ3n) is 5.71. The Bertz CT molecular complexity index is 1470. The predicted molar refractivity (Wildman–Crippen MR) is 134 cm³/mol. The van der Waals surface area contributed by atoms with Crippen LogP contribution in [0.3, 0.4) is 0 Å². The van der Waals surface area contributed by atoms with Crippen molar-refractivity contribution in [1.29, 1.82) is 0 Å². The largest absolute Gasteiger partial charge is 0.503 e. The molecule has 1 aliphatic rings. The zero-order chi connectivity index (χ0) is 24.7. The maximum Gasteiger partial charge on any atom is 0.296 e. The number of anilines is 1. The van der Waals surface area contributed by atoms with Crippen LogP contribution in [-0.2, 0) is 4.79 Å². The topological polar surface area (TPSA) is 98.2 Å². The average Bonchev–Trinajstić information content (AvgIpc) is 3.61. The van der Waals surface area contributed by atoms with E-state index in [1.165, 1.54) is 41.8 Å². The fraction of sp³-hybridized carbons (Fsp3) is 0.160. The van der Waals surface area contributed by atoms with E-state index >= 15 is 0 Å². The second-order valence-electron chi connectivity index (χ2n) is 7.59. The average molecular weight is 509 g/mol. The standard InChI is InChI=1S/C25H20N2O6S2/c1-31-14-7-8-15-19(12-14)35-25(26-15)27-21(13-6-9-16(32-2)17(11-13)33-3)20(23(29)24(27)30)22(28)18-5-4-10-34-18/h4-12,21,29H,1-3H3/t21-/m1/s1. The van der Waals surface area contributed by atoms with Crippen molar-refractivity contribution in [2.75, 3.05) is 26.2 Å².